The minimum Gasteiger partial charge on any atom is -0.468 e. The molecule has 0 amide bonds. The van der Waals surface area contributed by atoms with E-state index in [0.717, 1.165) is 34.6 Å². The van der Waals surface area contributed by atoms with Crippen molar-refractivity contribution in [3.8, 4) is 0 Å². The first-order chi connectivity index (χ1) is 16.5. The number of ether oxygens (including phenoxy) is 2. The molecule has 2 N–H and O–H groups in total. The molecule has 1 aromatic heterocycles. The van der Waals surface area contributed by atoms with Crippen LogP contribution in [0.2, 0.25) is 0 Å². The van der Waals surface area contributed by atoms with Crippen molar-refractivity contribution in [3.05, 3.63) is 70.9 Å². The first-order valence-corrected chi connectivity index (χ1v) is 11.6. The molecule has 1 saturated heterocycles. The minimum absolute atomic E-state index is 0.102. The summed E-state index contributed by atoms with van der Waals surface area (Å²) in [5.41, 5.74) is 3.87. The van der Waals surface area contributed by atoms with Crippen LogP contribution in [0.25, 0.3) is 10.9 Å². The molecule has 1 fully saturated rings. The lowest BCUT2D eigenvalue weighted by molar-refractivity contribution is -0.152. The Hall–Kier alpha value is -2.81. The van der Waals surface area contributed by atoms with Crippen molar-refractivity contribution in [2.45, 2.75) is 43.4 Å². The molecule has 3 heterocycles. The van der Waals surface area contributed by atoms with Crippen LogP contribution in [-0.2, 0) is 20.7 Å². The number of aromatic amines is 1. The van der Waals surface area contributed by atoms with Gasteiger partial charge in [0.15, 0.2) is 11.6 Å². The van der Waals surface area contributed by atoms with Gasteiger partial charge in [0, 0.05) is 48.8 Å². The topological polar surface area (TPSA) is 66.6 Å². The van der Waals surface area contributed by atoms with Crippen LogP contribution >= 0.6 is 0 Å². The number of rotatable bonds is 6. The second kappa shape index (κ2) is 9.44. The van der Waals surface area contributed by atoms with E-state index in [0.29, 0.717) is 31.6 Å². The lowest BCUT2D eigenvalue weighted by Crippen LogP contribution is -2.55. The zero-order valence-corrected chi connectivity index (χ0v) is 19.3. The van der Waals surface area contributed by atoms with Crippen LogP contribution in [0.15, 0.2) is 42.5 Å². The van der Waals surface area contributed by atoms with Gasteiger partial charge in [-0.25, -0.2) is 8.78 Å². The summed E-state index contributed by atoms with van der Waals surface area (Å²) in [7, 11) is 3.06. The number of aromatic nitrogens is 1. The first kappa shape index (κ1) is 23.0. The maximum absolute atomic E-state index is 14.3. The Bertz CT molecular complexity index is 1200. The highest BCUT2D eigenvalue weighted by molar-refractivity contribution is 5.87. The Kier molecular flexibility index (Phi) is 6.38. The molecule has 8 heteroatoms. The summed E-state index contributed by atoms with van der Waals surface area (Å²) < 4.78 is 38.5. The molecule has 4 atom stereocenters. The number of nitrogens with zero attached hydrogens (tertiary/aromatic N) is 1. The van der Waals surface area contributed by atoms with E-state index in [1.807, 2.05) is 18.2 Å². The van der Waals surface area contributed by atoms with Crippen LogP contribution < -0.4 is 5.32 Å². The van der Waals surface area contributed by atoms with Gasteiger partial charge in [-0.05, 0) is 42.2 Å². The molecular weight excluding hydrogens is 440 g/mol. The van der Waals surface area contributed by atoms with Crippen molar-refractivity contribution in [1.82, 2.24) is 15.2 Å². The number of carbonyl (C=O) groups excluding carboxylic acids is 1. The van der Waals surface area contributed by atoms with Crippen LogP contribution in [0.5, 0.6) is 0 Å². The molecule has 0 aliphatic carbocycles. The van der Waals surface area contributed by atoms with Crippen molar-refractivity contribution in [2.24, 2.45) is 0 Å². The lowest BCUT2D eigenvalue weighted by atomic mass is 9.79. The third-order valence-corrected chi connectivity index (χ3v) is 7.21. The summed E-state index contributed by atoms with van der Waals surface area (Å²) in [6.07, 6.45) is 1.90. The van der Waals surface area contributed by atoms with E-state index in [2.05, 4.69) is 21.3 Å². The first-order valence-electron chi connectivity index (χ1n) is 11.6. The average Bonchev–Trinajstić information content (AvgIpc) is 3.23. The minimum atomic E-state index is -0.888. The summed E-state index contributed by atoms with van der Waals surface area (Å²) in [4.78, 5) is 18.8. The largest absolute Gasteiger partial charge is 0.468 e. The fraction of sp³-hybridized carbons (Fsp3) is 0.423. The Morgan fingerprint density at radius 3 is 2.68 bits per heavy atom. The van der Waals surface area contributed by atoms with E-state index in [9.17, 15) is 13.6 Å². The quantitative estimate of drug-likeness (QED) is 0.422. The number of hydrogen-bond donors (Lipinski definition) is 2. The number of fused-ring (bicyclic) bond motifs is 5. The van der Waals surface area contributed by atoms with Crippen LogP contribution in [0.3, 0.4) is 0 Å². The molecule has 2 aliphatic heterocycles. The summed E-state index contributed by atoms with van der Waals surface area (Å²) in [5.74, 6) is -2.09. The summed E-state index contributed by atoms with van der Waals surface area (Å²) in [6.45, 7) is 1.25. The summed E-state index contributed by atoms with van der Waals surface area (Å²) in [6, 6.07) is 11.3. The van der Waals surface area contributed by atoms with Gasteiger partial charge in [0.1, 0.15) is 6.04 Å². The van der Waals surface area contributed by atoms with Gasteiger partial charge < -0.3 is 19.8 Å². The maximum Gasteiger partial charge on any atom is 0.323 e. The molecule has 0 spiro atoms. The monoisotopic (exact) mass is 469 g/mol. The molecule has 3 aromatic rings. The normalized spacial score (nSPS) is 24.6. The van der Waals surface area contributed by atoms with Gasteiger partial charge in [-0.15, -0.1) is 0 Å². The smallest absolute Gasteiger partial charge is 0.323 e. The van der Waals surface area contributed by atoms with Crippen LogP contribution in [0.4, 0.5) is 8.78 Å². The molecule has 34 heavy (non-hydrogen) atoms. The number of esters is 1. The van der Waals surface area contributed by atoms with Gasteiger partial charge in [-0.2, -0.15) is 0 Å². The van der Waals surface area contributed by atoms with Crippen LogP contribution in [0.1, 0.15) is 41.7 Å². The van der Waals surface area contributed by atoms with Crippen molar-refractivity contribution in [2.75, 3.05) is 27.4 Å². The fourth-order valence-electron chi connectivity index (χ4n) is 5.72. The van der Waals surface area contributed by atoms with Gasteiger partial charge in [0.2, 0.25) is 0 Å². The van der Waals surface area contributed by atoms with Gasteiger partial charge in [0.05, 0.1) is 19.8 Å². The Labute approximate surface area is 197 Å². The molecule has 0 saturated carbocycles. The molecule has 0 radical (unpaired) electrons. The van der Waals surface area contributed by atoms with Crippen molar-refractivity contribution < 1.29 is 23.0 Å². The third kappa shape index (κ3) is 4.00. The number of halogens is 2. The average molecular weight is 470 g/mol. The standard InChI is InChI=1S/C26H29F2N3O3/c1-33-10-9-29-16-12-22(15-7-8-19(27)20(28)11-15)31-23(13-16)25-18(14-24(31)26(32)34-2)17-5-3-4-6-21(17)30-25/h3-8,11,16,22-24,29-30H,9-10,12-14H2,1-2H3. The van der Waals surface area contributed by atoms with Gasteiger partial charge in [0.25, 0.3) is 0 Å². The van der Waals surface area contributed by atoms with E-state index in [-0.39, 0.29) is 24.1 Å². The number of carbonyl (C=O) groups is 1. The molecule has 6 nitrogen and oxygen atoms in total. The van der Waals surface area contributed by atoms with E-state index in [1.165, 1.54) is 13.2 Å². The summed E-state index contributed by atoms with van der Waals surface area (Å²) >= 11 is 0. The number of nitrogens with one attached hydrogen (secondary N) is 2. The highest BCUT2D eigenvalue weighted by Gasteiger charge is 2.48. The van der Waals surface area contributed by atoms with E-state index >= 15 is 0 Å². The lowest BCUT2D eigenvalue weighted by Gasteiger charge is -2.50. The van der Waals surface area contributed by atoms with E-state index < -0.39 is 17.7 Å². The molecule has 2 aliphatic rings. The highest BCUT2D eigenvalue weighted by atomic mass is 19.2. The molecule has 2 aromatic carbocycles. The Morgan fingerprint density at radius 1 is 1.12 bits per heavy atom. The molecule has 5 rings (SSSR count). The van der Waals surface area contributed by atoms with E-state index in [1.54, 1.807) is 13.2 Å². The fourth-order valence-corrected chi connectivity index (χ4v) is 5.72. The predicted octanol–water partition coefficient (Wildman–Crippen LogP) is 4.03. The number of piperidine rings is 1. The van der Waals surface area contributed by atoms with Gasteiger partial charge >= 0.3 is 5.97 Å². The molecule has 0 bridgehead atoms. The maximum atomic E-state index is 14.3. The molecule has 180 valence electrons. The molecular formula is C26H29F2N3O3. The van der Waals surface area contributed by atoms with Crippen LogP contribution in [0, 0.1) is 11.6 Å². The van der Waals surface area contributed by atoms with Crippen LogP contribution in [-0.4, -0.2) is 55.3 Å². The number of para-hydroxylation sites is 1. The highest BCUT2D eigenvalue weighted by Crippen LogP contribution is 2.48. The number of hydrogen-bond acceptors (Lipinski definition) is 5. The number of H-pyrrole nitrogens is 1. The third-order valence-electron chi connectivity index (χ3n) is 7.21. The van der Waals surface area contributed by atoms with Crippen molar-refractivity contribution in [3.63, 3.8) is 0 Å². The Morgan fingerprint density at radius 2 is 1.91 bits per heavy atom. The SMILES string of the molecule is COCCNC1CC(c2ccc(F)c(F)c2)N2C(C(=O)OC)Cc3c([nH]c4ccccc34)C2C1. The second-order valence-corrected chi connectivity index (χ2v) is 9.07. The van der Waals surface area contributed by atoms with Crippen molar-refractivity contribution in [1.29, 1.82) is 0 Å². The van der Waals surface area contributed by atoms with Gasteiger partial charge in [-0.1, -0.05) is 24.3 Å². The zero-order chi connectivity index (χ0) is 23.8. The van der Waals surface area contributed by atoms with E-state index in [4.69, 9.17) is 9.47 Å². The van der Waals surface area contributed by atoms with Gasteiger partial charge in [-0.3, -0.25) is 9.69 Å². The summed E-state index contributed by atoms with van der Waals surface area (Å²) in [5, 5.41) is 4.66. The number of methoxy groups -OCH3 is 2. The zero-order valence-electron chi connectivity index (χ0n) is 19.3. The molecule has 4 unspecified atom stereocenters. The second-order valence-electron chi connectivity index (χ2n) is 9.07. The van der Waals surface area contributed by atoms with Crippen molar-refractivity contribution >= 4 is 16.9 Å². The number of benzene rings is 2. The Balaban J connectivity index is 1.62. The predicted molar refractivity (Wildman–Crippen MR) is 124 cm³/mol.